The van der Waals surface area contributed by atoms with E-state index in [4.69, 9.17) is 14.0 Å². The van der Waals surface area contributed by atoms with Crippen molar-refractivity contribution < 1.29 is 18.8 Å². The lowest BCUT2D eigenvalue weighted by atomic mass is 10.0. The number of aryl methyl sites for hydroxylation is 1. The molecule has 7 heteroatoms. The number of anilines is 1. The van der Waals surface area contributed by atoms with Crippen LogP contribution < -0.4 is 14.8 Å². The molecule has 29 heavy (non-hydrogen) atoms. The molecule has 0 aliphatic carbocycles. The predicted molar refractivity (Wildman–Crippen MR) is 109 cm³/mol. The Morgan fingerprint density at radius 3 is 2.48 bits per heavy atom. The van der Waals surface area contributed by atoms with Crippen LogP contribution in [-0.4, -0.2) is 30.3 Å². The fourth-order valence-corrected chi connectivity index (χ4v) is 3.14. The van der Waals surface area contributed by atoms with Crippen molar-refractivity contribution in [1.82, 2.24) is 10.1 Å². The van der Waals surface area contributed by atoms with Crippen molar-refractivity contribution in [2.45, 2.75) is 6.92 Å². The van der Waals surface area contributed by atoms with Gasteiger partial charge in [0, 0.05) is 17.3 Å². The van der Waals surface area contributed by atoms with E-state index in [0.717, 1.165) is 5.56 Å². The number of hydrogen-bond acceptors (Lipinski definition) is 6. The first-order valence-corrected chi connectivity index (χ1v) is 8.96. The molecule has 0 spiro atoms. The van der Waals surface area contributed by atoms with Crippen molar-refractivity contribution in [3.63, 3.8) is 0 Å². The number of aromatic nitrogens is 2. The number of pyridine rings is 1. The van der Waals surface area contributed by atoms with E-state index >= 15 is 0 Å². The van der Waals surface area contributed by atoms with Gasteiger partial charge in [-0.15, -0.1) is 0 Å². The predicted octanol–water partition coefficient (Wildman–Crippen LogP) is 4.47. The molecule has 0 aliphatic heterocycles. The van der Waals surface area contributed by atoms with Crippen LogP contribution in [0.3, 0.4) is 0 Å². The van der Waals surface area contributed by atoms with Gasteiger partial charge in [0.15, 0.2) is 11.5 Å². The van der Waals surface area contributed by atoms with Crippen molar-refractivity contribution in [3.8, 4) is 22.8 Å². The van der Waals surface area contributed by atoms with Crippen molar-refractivity contribution in [1.29, 1.82) is 0 Å². The van der Waals surface area contributed by atoms with Gasteiger partial charge in [0.1, 0.15) is 0 Å². The zero-order valence-electron chi connectivity index (χ0n) is 16.2. The maximum atomic E-state index is 13.1. The number of methoxy groups -OCH3 is 2. The molecular weight excluding hydrogens is 370 g/mol. The minimum absolute atomic E-state index is 0.298. The molecule has 2 heterocycles. The summed E-state index contributed by atoms with van der Waals surface area (Å²) in [5.41, 5.74) is 3.44. The zero-order valence-corrected chi connectivity index (χ0v) is 16.2. The van der Waals surface area contributed by atoms with Crippen LogP contribution in [-0.2, 0) is 0 Å². The first-order valence-electron chi connectivity index (χ1n) is 8.96. The van der Waals surface area contributed by atoms with E-state index in [2.05, 4.69) is 15.5 Å². The monoisotopic (exact) mass is 389 g/mol. The van der Waals surface area contributed by atoms with E-state index in [9.17, 15) is 4.79 Å². The molecule has 4 aromatic rings. The highest BCUT2D eigenvalue weighted by Crippen LogP contribution is 2.31. The van der Waals surface area contributed by atoms with Crippen molar-refractivity contribution in [2.75, 3.05) is 19.5 Å². The van der Waals surface area contributed by atoms with Crippen LogP contribution in [0.1, 0.15) is 16.1 Å². The fourth-order valence-electron chi connectivity index (χ4n) is 3.14. The van der Waals surface area contributed by atoms with E-state index in [0.29, 0.717) is 45.2 Å². The summed E-state index contributed by atoms with van der Waals surface area (Å²) in [4.78, 5) is 17.7. The molecule has 0 saturated heterocycles. The highest BCUT2D eigenvalue weighted by molar-refractivity contribution is 6.13. The number of nitrogens with zero attached hydrogens (tertiary/aromatic N) is 2. The third-order valence-corrected chi connectivity index (χ3v) is 4.57. The van der Waals surface area contributed by atoms with E-state index in [1.165, 1.54) is 0 Å². The van der Waals surface area contributed by atoms with Gasteiger partial charge in [-0.2, -0.15) is 0 Å². The van der Waals surface area contributed by atoms with Crippen LogP contribution in [0.2, 0.25) is 0 Å². The minimum atomic E-state index is -0.298. The SMILES string of the molecule is COc1ccc(NC(=O)c2cc(-c3ccccc3)nc3onc(C)c23)cc1OC. The Balaban J connectivity index is 1.76. The molecule has 0 unspecified atom stereocenters. The largest absolute Gasteiger partial charge is 0.493 e. The molecule has 2 aromatic carbocycles. The van der Waals surface area contributed by atoms with Crippen LogP contribution in [0.5, 0.6) is 11.5 Å². The quantitative estimate of drug-likeness (QED) is 0.542. The molecule has 0 saturated carbocycles. The number of carbonyl (C=O) groups is 1. The second-order valence-electron chi connectivity index (χ2n) is 6.39. The van der Waals surface area contributed by atoms with Gasteiger partial charge < -0.3 is 19.3 Å². The Morgan fingerprint density at radius 2 is 1.76 bits per heavy atom. The highest BCUT2D eigenvalue weighted by atomic mass is 16.5. The Hall–Kier alpha value is -3.87. The summed E-state index contributed by atoms with van der Waals surface area (Å²) in [6, 6.07) is 16.5. The van der Waals surface area contributed by atoms with Gasteiger partial charge in [-0.1, -0.05) is 35.5 Å². The van der Waals surface area contributed by atoms with Crippen LogP contribution in [0.15, 0.2) is 59.1 Å². The Labute approximate surface area is 167 Å². The van der Waals surface area contributed by atoms with E-state index < -0.39 is 0 Å². The number of nitrogens with one attached hydrogen (secondary N) is 1. The fraction of sp³-hybridized carbons (Fsp3) is 0.136. The van der Waals surface area contributed by atoms with Crippen LogP contribution in [0.4, 0.5) is 5.69 Å². The highest BCUT2D eigenvalue weighted by Gasteiger charge is 2.20. The lowest BCUT2D eigenvalue weighted by Crippen LogP contribution is -2.13. The van der Waals surface area contributed by atoms with E-state index in [1.807, 2.05) is 30.3 Å². The summed E-state index contributed by atoms with van der Waals surface area (Å²) < 4.78 is 15.9. The van der Waals surface area contributed by atoms with Gasteiger partial charge in [0.2, 0.25) is 0 Å². The van der Waals surface area contributed by atoms with Crippen LogP contribution in [0, 0.1) is 6.92 Å². The van der Waals surface area contributed by atoms with Gasteiger partial charge in [-0.25, -0.2) is 4.98 Å². The van der Waals surface area contributed by atoms with E-state index in [-0.39, 0.29) is 5.91 Å². The topological polar surface area (TPSA) is 86.5 Å². The Kier molecular flexibility index (Phi) is 4.87. The lowest BCUT2D eigenvalue weighted by molar-refractivity contribution is 0.102. The number of amides is 1. The van der Waals surface area contributed by atoms with Crippen molar-refractivity contribution >= 4 is 22.7 Å². The third-order valence-electron chi connectivity index (χ3n) is 4.57. The van der Waals surface area contributed by atoms with Gasteiger partial charge in [-0.05, 0) is 25.1 Å². The number of fused-ring (bicyclic) bond motifs is 1. The molecule has 0 bridgehead atoms. The first kappa shape index (κ1) is 18.5. The molecule has 1 amide bonds. The molecule has 0 aliphatic rings. The minimum Gasteiger partial charge on any atom is -0.493 e. The number of carbonyl (C=O) groups excluding carboxylic acids is 1. The molecule has 0 atom stereocenters. The molecule has 0 fully saturated rings. The molecule has 2 aromatic heterocycles. The average Bonchev–Trinajstić information content (AvgIpc) is 3.14. The van der Waals surface area contributed by atoms with Gasteiger partial charge in [-0.3, -0.25) is 4.79 Å². The number of ether oxygens (including phenoxy) is 2. The number of hydrogen-bond donors (Lipinski definition) is 1. The molecule has 146 valence electrons. The summed E-state index contributed by atoms with van der Waals surface area (Å²) in [5.74, 6) is 0.808. The summed E-state index contributed by atoms with van der Waals surface area (Å²) >= 11 is 0. The first-order chi connectivity index (χ1) is 14.1. The molecule has 4 rings (SSSR count). The van der Waals surface area contributed by atoms with Gasteiger partial charge >= 0.3 is 0 Å². The molecule has 7 nitrogen and oxygen atoms in total. The summed E-state index contributed by atoms with van der Waals surface area (Å²) in [6.45, 7) is 1.78. The normalized spacial score (nSPS) is 10.7. The summed E-state index contributed by atoms with van der Waals surface area (Å²) in [5, 5.41) is 7.46. The van der Waals surface area contributed by atoms with Gasteiger partial charge in [0.25, 0.3) is 11.6 Å². The molecule has 1 N–H and O–H groups in total. The molecule has 0 radical (unpaired) electrons. The number of rotatable bonds is 5. The van der Waals surface area contributed by atoms with Crippen molar-refractivity contribution in [2.24, 2.45) is 0 Å². The maximum Gasteiger partial charge on any atom is 0.259 e. The standard InChI is InChI=1S/C22H19N3O4/c1-13-20-16(21(26)23-15-9-10-18(27-2)19(11-15)28-3)12-17(24-22(20)29-25-13)14-7-5-4-6-8-14/h4-12H,1-3H3,(H,23,26). The third kappa shape index (κ3) is 3.50. The maximum absolute atomic E-state index is 13.1. The lowest BCUT2D eigenvalue weighted by Gasteiger charge is -2.11. The van der Waals surface area contributed by atoms with E-state index in [1.54, 1.807) is 45.4 Å². The van der Waals surface area contributed by atoms with Crippen LogP contribution >= 0.6 is 0 Å². The summed E-state index contributed by atoms with van der Waals surface area (Å²) in [7, 11) is 3.10. The average molecular weight is 389 g/mol. The second kappa shape index (κ2) is 7.63. The van der Waals surface area contributed by atoms with Crippen LogP contribution in [0.25, 0.3) is 22.4 Å². The molecular formula is C22H19N3O4. The van der Waals surface area contributed by atoms with Gasteiger partial charge in [0.05, 0.1) is 36.6 Å². The summed E-state index contributed by atoms with van der Waals surface area (Å²) in [6.07, 6.45) is 0. The second-order valence-corrected chi connectivity index (χ2v) is 6.39. The Bertz CT molecular complexity index is 1190. The van der Waals surface area contributed by atoms with Crippen molar-refractivity contribution in [3.05, 3.63) is 65.9 Å². The Morgan fingerprint density at radius 1 is 1.00 bits per heavy atom. The smallest absolute Gasteiger partial charge is 0.259 e. The zero-order chi connectivity index (χ0) is 20.4. The number of benzene rings is 2.